The van der Waals surface area contributed by atoms with Gasteiger partial charge in [0.2, 0.25) is 5.91 Å². The Labute approximate surface area is 110 Å². The molecular weight excluding hydrogens is 242 g/mol. The lowest BCUT2D eigenvalue weighted by atomic mass is 10.0. The van der Waals surface area contributed by atoms with Crippen LogP contribution in [0.5, 0.6) is 0 Å². The maximum atomic E-state index is 11.8. The number of amides is 1. The van der Waals surface area contributed by atoms with E-state index in [1.54, 1.807) is 11.0 Å². The first kappa shape index (κ1) is 11.9. The van der Waals surface area contributed by atoms with Crippen LogP contribution in [0.1, 0.15) is 5.56 Å². The Morgan fingerprint density at radius 3 is 2.74 bits per heavy atom. The van der Waals surface area contributed by atoms with Crippen LogP contribution in [0.4, 0.5) is 5.69 Å². The summed E-state index contributed by atoms with van der Waals surface area (Å²) in [7, 11) is 0. The Hall–Kier alpha value is -2.21. The topological polar surface area (TPSA) is 71.8 Å². The fraction of sp³-hybridized carbons (Fsp3) is 0.308. The highest BCUT2D eigenvalue weighted by molar-refractivity contribution is 5.93. The molecule has 1 aromatic heterocycles. The summed E-state index contributed by atoms with van der Waals surface area (Å²) in [6.07, 6.45) is 3.19. The summed E-state index contributed by atoms with van der Waals surface area (Å²) in [5, 5.41) is 10.1. The summed E-state index contributed by atoms with van der Waals surface area (Å²) in [4.78, 5) is 15.7. The molecular formula is C13H15N5O. The van der Waals surface area contributed by atoms with Crippen molar-refractivity contribution in [2.24, 2.45) is 5.92 Å². The maximum absolute atomic E-state index is 11.8. The Bertz CT molecular complexity index is 545. The number of nitrogens with zero attached hydrogens (tertiary/aromatic N) is 3. The van der Waals surface area contributed by atoms with Crippen LogP contribution in [0.15, 0.2) is 36.9 Å². The molecule has 0 radical (unpaired) electrons. The quantitative estimate of drug-likeness (QED) is 0.836. The zero-order chi connectivity index (χ0) is 13.1. The first-order valence-electron chi connectivity index (χ1n) is 6.24. The number of aromatic nitrogens is 3. The van der Waals surface area contributed by atoms with Gasteiger partial charge in [0.05, 0.1) is 12.5 Å². The van der Waals surface area contributed by atoms with Crippen molar-refractivity contribution in [3.63, 3.8) is 0 Å². The average Bonchev–Trinajstić information content (AvgIpc) is 2.82. The molecule has 1 aliphatic heterocycles. The third kappa shape index (κ3) is 2.79. The molecule has 0 spiro atoms. The Balaban J connectivity index is 1.60. The minimum Gasteiger partial charge on any atom is -0.326 e. The Kier molecular flexibility index (Phi) is 3.24. The van der Waals surface area contributed by atoms with Crippen LogP contribution in [-0.4, -0.2) is 33.8 Å². The number of hydrogen-bond acceptors (Lipinski definition) is 4. The first-order chi connectivity index (χ1) is 9.31. The van der Waals surface area contributed by atoms with Gasteiger partial charge in [-0.3, -0.25) is 4.79 Å². The van der Waals surface area contributed by atoms with Crippen LogP contribution in [-0.2, 0) is 11.3 Å². The first-order valence-corrected chi connectivity index (χ1v) is 6.24. The molecule has 6 heteroatoms. The van der Waals surface area contributed by atoms with Gasteiger partial charge in [-0.15, -0.1) is 0 Å². The smallest absolute Gasteiger partial charge is 0.230 e. The normalized spacial score (nSPS) is 14.9. The molecule has 6 nitrogen and oxygen atoms in total. The predicted molar refractivity (Wildman–Crippen MR) is 70.6 cm³/mol. The van der Waals surface area contributed by atoms with Gasteiger partial charge >= 0.3 is 0 Å². The van der Waals surface area contributed by atoms with E-state index < -0.39 is 0 Å². The number of carbonyl (C=O) groups excluding carboxylic acids is 1. The zero-order valence-corrected chi connectivity index (χ0v) is 10.4. The van der Waals surface area contributed by atoms with Gasteiger partial charge in [-0.05, 0) is 17.7 Å². The van der Waals surface area contributed by atoms with Gasteiger partial charge in [0.1, 0.15) is 12.7 Å². The van der Waals surface area contributed by atoms with Crippen LogP contribution in [0.25, 0.3) is 0 Å². The summed E-state index contributed by atoms with van der Waals surface area (Å²) in [6.45, 7) is 2.23. The number of carbonyl (C=O) groups is 1. The van der Waals surface area contributed by atoms with E-state index in [9.17, 15) is 4.79 Å². The van der Waals surface area contributed by atoms with E-state index >= 15 is 0 Å². The molecule has 1 saturated heterocycles. The lowest BCUT2D eigenvalue weighted by Gasteiger charge is -2.25. The predicted octanol–water partition coefficient (Wildman–Crippen LogP) is 0.484. The van der Waals surface area contributed by atoms with E-state index in [2.05, 4.69) is 20.7 Å². The van der Waals surface area contributed by atoms with Crippen molar-refractivity contribution >= 4 is 11.6 Å². The molecule has 0 bridgehead atoms. The molecule has 2 aromatic rings. The number of hydrogen-bond donors (Lipinski definition) is 2. The Morgan fingerprint density at radius 1 is 1.37 bits per heavy atom. The van der Waals surface area contributed by atoms with Gasteiger partial charge in [0.15, 0.2) is 0 Å². The minimum absolute atomic E-state index is 0.0859. The van der Waals surface area contributed by atoms with Crippen molar-refractivity contribution in [2.45, 2.75) is 6.54 Å². The molecule has 0 unspecified atom stereocenters. The van der Waals surface area contributed by atoms with Crippen molar-refractivity contribution in [2.75, 3.05) is 18.4 Å². The van der Waals surface area contributed by atoms with Crippen molar-refractivity contribution in [3.05, 3.63) is 42.5 Å². The summed E-state index contributed by atoms with van der Waals surface area (Å²) in [5.41, 5.74) is 1.95. The summed E-state index contributed by atoms with van der Waals surface area (Å²) >= 11 is 0. The molecule has 0 atom stereocenters. The van der Waals surface area contributed by atoms with Crippen LogP contribution < -0.4 is 10.6 Å². The second kappa shape index (κ2) is 5.19. The zero-order valence-electron chi connectivity index (χ0n) is 10.4. The van der Waals surface area contributed by atoms with E-state index in [1.807, 2.05) is 24.3 Å². The molecule has 0 saturated carbocycles. The van der Waals surface area contributed by atoms with Crippen LogP contribution in [0.2, 0.25) is 0 Å². The molecule has 1 fully saturated rings. The number of benzene rings is 1. The number of anilines is 1. The Morgan fingerprint density at radius 2 is 2.16 bits per heavy atom. The van der Waals surface area contributed by atoms with Crippen LogP contribution >= 0.6 is 0 Å². The maximum Gasteiger partial charge on any atom is 0.230 e. The van der Waals surface area contributed by atoms with Gasteiger partial charge in [-0.25, -0.2) is 9.67 Å². The van der Waals surface area contributed by atoms with E-state index in [0.29, 0.717) is 6.54 Å². The summed E-state index contributed by atoms with van der Waals surface area (Å²) in [5.74, 6) is 0.192. The fourth-order valence-electron chi connectivity index (χ4n) is 1.91. The van der Waals surface area contributed by atoms with E-state index in [0.717, 1.165) is 24.3 Å². The standard InChI is InChI=1S/C13H15N5O/c19-13(11-5-14-6-11)17-12-3-1-10(2-4-12)7-18-9-15-8-16-18/h1-4,8-9,11,14H,5-7H2,(H,17,19). The average molecular weight is 257 g/mol. The van der Waals surface area contributed by atoms with Crippen LogP contribution in [0.3, 0.4) is 0 Å². The molecule has 19 heavy (non-hydrogen) atoms. The highest BCUT2D eigenvalue weighted by Gasteiger charge is 2.24. The molecule has 0 aliphatic carbocycles. The largest absolute Gasteiger partial charge is 0.326 e. The fourth-order valence-corrected chi connectivity index (χ4v) is 1.91. The van der Waals surface area contributed by atoms with Gasteiger partial charge < -0.3 is 10.6 Å². The van der Waals surface area contributed by atoms with Gasteiger partial charge in [0, 0.05) is 18.8 Å². The molecule has 2 heterocycles. The third-order valence-electron chi connectivity index (χ3n) is 3.18. The van der Waals surface area contributed by atoms with Crippen molar-refractivity contribution in [3.8, 4) is 0 Å². The van der Waals surface area contributed by atoms with Gasteiger partial charge in [0.25, 0.3) is 0 Å². The monoisotopic (exact) mass is 257 g/mol. The summed E-state index contributed by atoms with van der Waals surface area (Å²) < 4.78 is 1.76. The van der Waals surface area contributed by atoms with Crippen molar-refractivity contribution in [1.82, 2.24) is 20.1 Å². The van der Waals surface area contributed by atoms with E-state index in [4.69, 9.17) is 0 Å². The molecule has 3 rings (SSSR count). The molecule has 1 aromatic carbocycles. The molecule has 2 N–H and O–H groups in total. The highest BCUT2D eigenvalue weighted by atomic mass is 16.2. The van der Waals surface area contributed by atoms with E-state index in [1.165, 1.54) is 6.33 Å². The van der Waals surface area contributed by atoms with Crippen molar-refractivity contribution in [1.29, 1.82) is 0 Å². The van der Waals surface area contributed by atoms with Gasteiger partial charge in [-0.1, -0.05) is 12.1 Å². The number of nitrogens with one attached hydrogen (secondary N) is 2. The van der Waals surface area contributed by atoms with Crippen LogP contribution in [0, 0.1) is 5.92 Å². The lowest BCUT2D eigenvalue weighted by Crippen LogP contribution is -2.48. The minimum atomic E-state index is 0.0859. The third-order valence-corrected chi connectivity index (χ3v) is 3.18. The van der Waals surface area contributed by atoms with Crippen molar-refractivity contribution < 1.29 is 4.79 Å². The highest BCUT2D eigenvalue weighted by Crippen LogP contribution is 2.13. The second-order valence-corrected chi connectivity index (χ2v) is 4.63. The van der Waals surface area contributed by atoms with E-state index in [-0.39, 0.29) is 11.8 Å². The SMILES string of the molecule is O=C(Nc1ccc(Cn2cncn2)cc1)C1CNC1. The molecule has 1 aliphatic rings. The molecule has 1 amide bonds. The lowest BCUT2D eigenvalue weighted by molar-refractivity contribution is -0.121. The molecule has 98 valence electrons. The number of rotatable bonds is 4. The second-order valence-electron chi connectivity index (χ2n) is 4.63. The van der Waals surface area contributed by atoms with Gasteiger partial charge in [-0.2, -0.15) is 5.10 Å². The summed E-state index contributed by atoms with van der Waals surface area (Å²) in [6, 6.07) is 7.79.